The van der Waals surface area contributed by atoms with Crippen molar-refractivity contribution in [2.45, 2.75) is 32.0 Å². The summed E-state index contributed by atoms with van der Waals surface area (Å²) in [6.45, 7) is 4.37. The van der Waals surface area contributed by atoms with Gasteiger partial charge in [0, 0.05) is 17.1 Å². The lowest BCUT2D eigenvalue weighted by atomic mass is 10.1. The molecule has 3 aromatic rings. The molecule has 0 radical (unpaired) electrons. The molecule has 0 bridgehead atoms. The molecule has 1 saturated heterocycles. The maximum atomic E-state index is 4.75. The van der Waals surface area contributed by atoms with E-state index >= 15 is 0 Å². The van der Waals surface area contributed by atoms with Gasteiger partial charge in [0.05, 0.1) is 12.1 Å². The van der Waals surface area contributed by atoms with E-state index < -0.39 is 0 Å². The summed E-state index contributed by atoms with van der Waals surface area (Å²) in [5, 5.41) is 3.39. The van der Waals surface area contributed by atoms with Gasteiger partial charge in [-0.1, -0.05) is 60.7 Å². The number of hydrogen-bond donors (Lipinski definition) is 0. The molecule has 0 spiro atoms. The van der Waals surface area contributed by atoms with E-state index in [9.17, 15) is 0 Å². The van der Waals surface area contributed by atoms with Gasteiger partial charge in [-0.05, 0) is 25.0 Å². The summed E-state index contributed by atoms with van der Waals surface area (Å²) in [6, 6.07) is 22.8. The highest BCUT2D eigenvalue weighted by molar-refractivity contribution is 7.09. The van der Waals surface area contributed by atoms with E-state index in [0.717, 1.165) is 5.69 Å². The van der Waals surface area contributed by atoms with Crippen LogP contribution in [0.25, 0.3) is 0 Å². The zero-order chi connectivity index (χ0) is 15.8. The van der Waals surface area contributed by atoms with Crippen molar-refractivity contribution >= 4 is 11.3 Å². The summed E-state index contributed by atoms with van der Waals surface area (Å²) in [4.78, 5) is 7.32. The minimum absolute atomic E-state index is 0.385. The molecule has 2 aromatic carbocycles. The van der Waals surface area contributed by atoms with Crippen LogP contribution in [-0.4, -0.2) is 9.88 Å². The lowest BCUT2D eigenvalue weighted by Gasteiger charge is -2.15. The van der Waals surface area contributed by atoms with E-state index in [0.29, 0.717) is 18.1 Å². The molecule has 1 aliphatic rings. The van der Waals surface area contributed by atoms with Gasteiger partial charge in [-0.15, -0.1) is 11.3 Å². The Kier molecular flexibility index (Phi) is 3.76. The fraction of sp³-hybridized carbons (Fsp3) is 0.250. The summed E-state index contributed by atoms with van der Waals surface area (Å²) in [7, 11) is 0. The molecule has 4 atom stereocenters. The van der Waals surface area contributed by atoms with Crippen LogP contribution in [-0.2, 0) is 0 Å². The van der Waals surface area contributed by atoms with Crippen LogP contribution in [0.15, 0.2) is 66.0 Å². The Hall–Kier alpha value is -1.97. The second-order valence-corrected chi connectivity index (χ2v) is 7.05. The van der Waals surface area contributed by atoms with Crippen LogP contribution in [0.2, 0.25) is 0 Å². The number of thiazole rings is 1. The van der Waals surface area contributed by atoms with Crippen LogP contribution in [0.3, 0.4) is 0 Å². The molecule has 116 valence electrons. The number of hydrogen-bond acceptors (Lipinski definition) is 3. The van der Waals surface area contributed by atoms with E-state index in [-0.39, 0.29) is 0 Å². The zero-order valence-electron chi connectivity index (χ0n) is 13.4. The van der Waals surface area contributed by atoms with Gasteiger partial charge in [0.1, 0.15) is 5.01 Å². The molecule has 1 fully saturated rings. The average molecular weight is 320 g/mol. The zero-order valence-corrected chi connectivity index (χ0v) is 14.2. The highest BCUT2D eigenvalue weighted by Crippen LogP contribution is 2.59. The molecular formula is C20H20N2S. The van der Waals surface area contributed by atoms with Crippen LogP contribution >= 0.6 is 11.3 Å². The molecule has 0 aliphatic carbocycles. The van der Waals surface area contributed by atoms with E-state index in [4.69, 9.17) is 4.98 Å². The number of benzene rings is 2. The van der Waals surface area contributed by atoms with Gasteiger partial charge in [0.25, 0.3) is 0 Å². The highest BCUT2D eigenvalue weighted by Gasteiger charge is 2.53. The van der Waals surface area contributed by atoms with Crippen molar-refractivity contribution in [1.29, 1.82) is 0 Å². The van der Waals surface area contributed by atoms with Crippen LogP contribution < -0.4 is 0 Å². The first kappa shape index (κ1) is 14.6. The third-order valence-electron chi connectivity index (χ3n) is 4.61. The van der Waals surface area contributed by atoms with Crippen molar-refractivity contribution in [3.8, 4) is 0 Å². The molecule has 0 saturated carbocycles. The second-order valence-electron chi connectivity index (χ2n) is 6.16. The minimum Gasteiger partial charge on any atom is -0.276 e. The van der Waals surface area contributed by atoms with Crippen molar-refractivity contribution in [3.05, 3.63) is 87.9 Å². The first-order valence-corrected chi connectivity index (χ1v) is 8.93. The molecule has 1 unspecified atom stereocenters. The first-order chi connectivity index (χ1) is 11.3. The first-order valence-electron chi connectivity index (χ1n) is 8.05. The molecule has 2 nitrogen and oxygen atoms in total. The number of aromatic nitrogens is 1. The van der Waals surface area contributed by atoms with Crippen LogP contribution in [0.1, 0.15) is 46.9 Å². The predicted molar refractivity (Wildman–Crippen MR) is 95.5 cm³/mol. The van der Waals surface area contributed by atoms with Gasteiger partial charge in [-0.2, -0.15) is 0 Å². The standard InChI is InChI=1S/C20H20N2S/c1-14-13-23-20(21-14)19-18(17-11-7-4-8-12-17)22(19)15(2)16-9-5-3-6-10-16/h3-13,15,18-19H,1-2H3/t15-,18+,19+,22?/m0/s1. The fourth-order valence-electron chi connectivity index (χ4n) is 3.41. The summed E-state index contributed by atoms with van der Waals surface area (Å²) in [5.74, 6) is 0. The summed E-state index contributed by atoms with van der Waals surface area (Å²) in [5.41, 5.74) is 3.87. The average Bonchev–Trinajstić information content (AvgIpc) is 3.21. The third-order valence-corrected chi connectivity index (χ3v) is 5.65. The highest BCUT2D eigenvalue weighted by atomic mass is 32.1. The predicted octanol–water partition coefficient (Wildman–Crippen LogP) is 5.31. The Morgan fingerprint density at radius 3 is 2.22 bits per heavy atom. The SMILES string of the molecule is Cc1csc([C@H]2[C@@H](c3ccccc3)N2[C@@H](C)c2ccccc2)n1. The van der Waals surface area contributed by atoms with Gasteiger partial charge in [-0.25, -0.2) is 4.98 Å². The Morgan fingerprint density at radius 1 is 0.957 bits per heavy atom. The van der Waals surface area contributed by atoms with Gasteiger partial charge < -0.3 is 0 Å². The number of nitrogens with zero attached hydrogens (tertiary/aromatic N) is 2. The lowest BCUT2D eigenvalue weighted by molar-refractivity contribution is 0.386. The Labute approximate surface area is 141 Å². The van der Waals surface area contributed by atoms with Crippen LogP contribution in [0.4, 0.5) is 0 Å². The number of rotatable bonds is 4. The van der Waals surface area contributed by atoms with E-state index in [1.807, 2.05) is 0 Å². The van der Waals surface area contributed by atoms with Crippen molar-refractivity contribution in [2.75, 3.05) is 0 Å². The lowest BCUT2D eigenvalue weighted by Crippen LogP contribution is -2.07. The van der Waals surface area contributed by atoms with Crippen LogP contribution in [0, 0.1) is 6.92 Å². The van der Waals surface area contributed by atoms with E-state index in [2.05, 4.69) is 84.8 Å². The molecule has 2 heterocycles. The monoisotopic (exact) mass is 320 g/mol. The summed E-state index contributed by atoms with van der Waals surface area (Å²) in [6.07, 6.45) is 0. The second kappa shape index (κ2) is 5.91. The topological polar surface area (TPSA) is 15.9 Å². The summed E-state index contributed by atoms with van der Waals surface area (Å²) < 4.78 is 0. The molecule has 23 heavy (non-hydrogen) atoms. The third kappa shape index (κ3) is 2.71. The van der Waals surface area contributed by atoms with Gasteiger partial charge in [0.2, 0.25) is 0 Å². The molecular weight excluding hydrogens is 300 g/mol. The summed E-state index contributed by atoms with van der Waals surface area (Å²) >= 11 is 1.78. The number of aryl methyl sites for hydroxylation is 1. The van der Waals surface area contributed by atoms with Crippen LogP contribution in [0.5, 0.6) is 0 Å². The van der Waals surface area contributed by atoms with E-state index in [1.165, 1.54) is 16.1 Å². The molecule has 3 heteroatoms. The Balaban J connectivity index is 1.68. The largest absolute Gasteiger partial charge is 0.276 e. The Morgan fingerprint density at radius 2 is 1.61 bits per heavy atom. The Bertz CT molecular complexity index is 782. The van der Waals surface area contributed by atoms with Crippen molar-refractivity contribution in [1.82, 2.24) is 9.88 Å². The fourth-order valence-corrected chi connectivity index (χ4v) is 4.34. The molecule has 0 amide bonds. The smallest absolute Gasteiger partial charge is 0.112 e. The molecule has 0 N–H and O–H groups in total. The maximum Gasteiger partial charge on any atom is 0.112 e. The van der Waals surface area contributed by atoms with Crippen molar-refractivity contribution < 1.29 is 0 Å². The van der Waals surface area contributed by atoms with E-state index in [1.54, 1.807) is 11.3 Å². The van der Waals surface area contributed by atoms with Crippen molar-refractivity contribution in [3.63, 3.8) is 0 Å². The minimum atomic E-state index is 0.385. The van der Waals surface area contributed by atoms with Gasteiger partial charge in [-0.3, -0.25) is 4.90 Å². The normalized spacial score (nSPS) is 24.3. The van der Waals surface area contributed by atoms with Gasteiger partial charge in [0.15, 0.2) is 0 Å². The quantitative estimate of drug-likeness (QED) is 0.605. The maximum absolute atomic E-state index is 4.75. The molecule has 4 rings (SSSR count). The molecule has 1 aromatic heterocycles. The van der Waals surface area contributed by atoms with Crippen molar-refractivity contribution in [2.24, 2.45) is 0 Å². The van der Waals surface area contributed by atoms with Gasteiger partial charge >= 0.3 is 0 Å². The molecule has 1 aliphatic heterocycles.